The van der Waals surface area contributed by atoms with Gasteiger partial charge in [0.2, 0.25) is 0 Å². The van der Waals surface area contributed by atoms with E-state index in [9.17, 15) is 45.3 Å². The fraction of sp³-hybridized carbons (Fsp3) is 0.891. The SMILES string of the molecule is CCCCCCC/C=C\C/C=C\CCCCCCCCCCCCCC(=O)OC(COC(=O)CCCCCCCCCCCCC)COC1OC(COC2OC(CO)C(O)C(O)C2O)C(O)C(O)C1O. The number of carbonyl (C=O) groups is 2. The summed E-state index contributed by atoms with van der Waals surface area (Å²) in [5, 5.41) is 72.1. The van der Waals surface area contributed by atoms with Crippen LogP contribution in [-0.2, 0) is 38.0 Å². The second-order valence-corrected chi connectivity index (χ2v) is 19.8. The zero-order chi connectivity index (χ0) is 51.0. The van der Waals surface area contributed by atoms with Gasteiger partial charge in [0.15, 0.2) is 18.7 Å². The fourth-order valence-electron chi connectivity index (χ4n) is 8.84. The topological polar surface area (TPSA) is 231 Å². The van der Waals surface area contributed by atoms with Crippen molar-refractivity contribution >= 4 is 11.9 Å². The summed E-state index contributed by atoms with van der Waals surface area (Å²) in [5.74, 6) is -0.919. The molecule has 2 saturated heterocycles. The molecule has 410 valence electrons. The molecule has 11 atom stereocenters. The lowest BCUT2D eigenvalue weighted by Gasteiger charge is -2.42. The molecule has 15 nitrogen and oxygen atoms in total. The first kappa shape index (κ1) is 64.1. The molecule has 11 unspecified atom stereocenters. The van der Waals surface area contributed by atoms with Crippen LogP contribution in [-0.4, -0.2) is 142 Å². The molecule has 0 radical (unpaired) electrons. The Morgan fingerprint density at radius 2 is 0.857 bits per heavy atom. The molecule has 2 aliphatic heterocycles. The van der Waals surface area contributed by atoms with Gasteiger partial charge in [0.25, 0.3) is 0 Å². The Kier molecular flexibility index (Phi) is 38.8. The smallest absolute Gasteiger partial charge is 0.306 e. The number of carbonyl (C=O) groups excluding carboxylic acids is 2. The van der Waals surface area contributed by atoms with Crippen LogP contribution in [0.25, 0.3) is 0 Å². The summed E-state index contributed by atoms with van der Waals surface area (Å²) in [7, 11) is 0. The summed E-state index contributed by atoms with van der Waals surface area (Å²) < 4.78 is 33.6. The summed E-state index contributed by atoms with van der Waals surface area (Å²) in [4.78, 5) is 25.8. The molecule has 0 aromatic rings. The molecular formula is C55H100O15. The lowest BCUT2D eigenvalue weighted by molar-refractivity contribution is -0.332. The second-order valence-electron chi connectivity index (χ2n) is 19.8. The van der Waals surface area contributed by atoms with Crippen LogP contribution in [0, 0.1) is 0 Å². The van der Waals surface area contributed by atoms with E-state index in [0.717, 1.165) is 51.4 Å². The second kappa shape index (κ2) is 42.3. The average Bonchev–Trinajstić information content (AvgIpc) is 3.35. The summed E-state index contributed by atoms with van der Waals surface area (Å²) in [5.41, 5.74) is 0. The van der Waals surface area contributed by atoms with Crippen molar-refractivity contribution in [2.24, 2.45) is 0 Å². The molecule has 0 bridgehead atoms. The highest BCUT2D eigenvalue weighted by molar-refractivity contribution is 5.70. The van der Waals surface area contributed by atoms with Gasteiger partial charge in [0.1, 0.15) is 55.4 Å². The first-order valence-electron chi connectivity index (χ1n) is 27.9. The van der Waals surface area contributed by atoms with Crippen LogP contribution >= 0.6 is 0 Å². The molecule has 70 heavy (non-hydrogen) atoms. The summed E-state index contributed by atoms with van der Waals surface area (Å²) in [6.45, 7) is 2.59. The number of rotatable bonds is 44. The predicted molar refractivity (Wildman–Crippen MR) is 271 cm³/mol. The quantitative estimate of drug-likeness (QED) is 0.0172. The summed E-state index contributed by atoms with van der Waals surface area (Å²) in [6, 6.07) is 0. The summed E-state index contributed by atoms with van der Waals surface area (Å²) >= 11 is 0. The van der Waals surface area contributed by atoms with Crippen LogP contribution in [0.2, 0.25) is 0 Å². The number of allylic oxidation sites excluding steroid dienone is 4. The minimum absolute atomic E-state index is 0.166. The number of hydrogen-bond donors (Lipinski definition) is 7. The standard InChI is InChI=1S/C55H100O15/c1-3-5-7-9-11-13-15-16-17-18-19-20-21-22-23-24-25-26-28-30-32-34-36-38-47(58)68-43(40-65-46(57)37-35-33-31-29-27-14-12-10-8-6-4-2)41-66-54-53(64)51(62)49(60)45(70-54)42-67-55-52(63)50(61)48(59)44(39-56)69-55/h15-16,18-19,43-45,48-56,59-64H,3-14,17,20-42H2,1-2H3/b16-15-,19-18-. The van der Waals surface area contributed by atoms with E-state index in [1.54, 1.807) is 0 Å². The molecule has 2 rings (SSSR count). The Morgan fingerprint density at radius 3 is 1.33 bits per heavy atom. The van der Waals surface area contributed by atoms with E-state index in [0.29, 0.717) is 12.8 Å². The molecule has 2 heterocycles. The Balaban J connectivity index is 1.73. The molecule has 0 aliphatic carbocycles. The van der Waals surface area contributed by atoms with Crippen molar-refractivity contribution in [3.63, 3.8) is 0 Å². The average molecular weight is 1000 g/mol. The normalized spacial score (nSPS) is 25.5. The van der Waals surface area contributed by atoms with E-state index >= 15 is 0 Å². The fourth-order valence-corrected chi connectivity index (χ4v) is 8.84. The Hall–Kier alpha value is -2.02. The van der Waals surface area contributed by atoms with Gasteiger partial charge >= 0.3 is 11.9 Å². The van der Waals surface area contributed by atoms with Gasteiger partial charge in [-0.25, -0.2) is 0 Å². The van der Waals surface area contributed by atoms with E-state index in [2.05, 4.69) is 38.2 Å². The number of hydrogen-bond acceptors (Lipinski definition) is 15. The van der Waals surface area contributed by atoms with Crippen molar-refractivity contribution in [2.45, 2.75) is 287 Å². The van der Waals surface area contributed by atoms with Crippen LogP contribution < -0.4 is 0 Å². The first-order valence-corrected chi connectivity index (χ1v) is 27.9. The van der Waals surface area contributed by atoms with Gasteiger partial charge in [-0.15, -0.1) is 0 Å². The van der Waals surface area contributed by atoms with Gasteiger partial charge in [0.05, 0.1) is 19.8 Å². The Morgan fingerprint density at radius 1 is 0.457 bits per heavy atom. The molecule has 0 spiro atoms. The number of aliphatic hydroxyl groups excluding tert-OH is 7. The maximum absolute atomic E-state index is 13.0. The zero-order valence-electron chi connectivity index (χ0n) is 43.5. The third-order valence-electron chi connectivity index (χ3n) is 13.4. The third-order valence-corrected chi connectivity index (χ3v) is 13.4. The lowest BCUT2D eigenvalue weighted by Crippen LogP contribution is -2.61. The van der Waals surface area contributed by atoms with Crippen molar-refractivity contribution in [3.8, 4) is 0 Å². The van der Waals surface area contributed by atoms with Gasteiger partial charge < -0.3 is 64.2 Å². The Labute approximate surface area is 422 Å². The van der Waals surface area contributed by atoms with Gasteiger partial charge in [-0.1, -0.05) is 186 Å². The molecule has 0 aromatic carbocycles. The maximum Gasteiger partial charge on any atom is 0.306 e. The molecule has 0 amide bonds. The van der Waals surface area contributed by atoms with Gasteiger partial charge in [-0.3, -0.25) is 9.59 Å². The van der Waals surface area contributed by atoms with E-state index < -0.39 is 92.7 Å². The highest BCUT2D eigenvalue weighted by atomic mass is 16.7. The van der Waals surface area contributed by atoms with Gasteiger partial charge in [-0.05, 0) is 44.9 Å². The van der Waals surface area contributed by atoms with Crippen molar-refractivity contribution < 1.29 is 73.8 Å². The van der Waals surface area contributed by atoms with Crippen molar-refractivity contribution in [3.05, 3.63) is 24.3 Å². The minimum Gasteiger partial charge on any atom is -0.462 e. The molecular weight excluding hydrogens is 901 g/mol. The molecule has 0 aromatic heterocycles. The van der Waals surface area contributed by atoms with Crippen molar-refractivity contribution in [1.82, 2.24) is 0 Å². The van der Waals surface area contributed by atoms with E-state index in [-0.39, 0.29) is 26.1 Å². The molecule has 7 N–H and O–H groups in total. The minimum atomic E-state index is -1.76. The van der Waals surface area contributed by atoms with Crippen LogP contribution in [0.4, 0.5) is 0 Å². The van der Waals surface area contributed by atoms with Crippen LogP contribution in [0.1, 0.15) is 219 Å². The van der Waals surface area contributed by atoms with Gasteiger partial charge in [0, 0.05) is 12.8 Å². The number of unbranched alkanes of at least 4 members (excludes halogenated alkanes) is 26. The zero-order valence-corrected chi connectivity index (χ0v) is 43.5. The number of ether oxygens (including phenoxy) is 6. The predicted octanol–water partition coefficient (Wildman–Crippen LogP) is 8.72. The number of esters is 2. The first-order chi connectivity index (χ1) is 34.0. The van der Waals surface area contributed by atoms with Crippen LogP contribution in [0.5, 0.6) is 0 Å². The monoisotopic (exact) mass is 1000 g/mol. The van der Waals surface area contributed by atoms with E-state index in [1.807, 2.05) is 0 Å². The lowest BCUT2D eigenvalue weighted by atomic mass is 9.98. The third kappa shape index (κ3) is 29.6. The van der Waals surface area contributed by atoms with Crippen molar-refractivity contribution in [2.75, 3.05) is 26.4 Å². The van der Waals surface area contributed by atoms with E-state index in [4.69, 9.17) is 28.4 Å². The Bertz CT molecular complexity index is 1310. The molecule has 15 heteroatoms. The maximum atomic E-state index is 13.0. The largest absolute Gasteiger partial charge is 0.462 e. The van der Waals surface area contributed by atoms with Gasteiger partial charge in [-0.2, -0.15) is 0 Å². The summed E-state index contributed by atoms with van der Waals surface area (Å²) in [6.07, 6.45) is 27.8. The van der Waals surface area contributed by atoms with Crippen LogP contribution in [0.15, 0.2) is 24.3 Å². The van der Waals surface area contributed by atoms with Crippen LogP contribution in [0.3, 0.4) is 0 Å². The van der Waals surface area contributed by atoms with E-state index in [1.165, 1.54) is 128 Å². The van der Waals surface area contributed by atoms with Crippen molar-refractivity contribution in [1.29, 1.82) is 0 Å². The molecule has 2 fully saturated rings. The molecule has 2 aliphatic rings. The highest BCUT2D eigenvalue weighted by Gasteiger charge is 2.47. The number of aliphatic hydroxyl groups is 7. The molecule has 0 saturated carbocycles. The highest BCUT2D eigenvalue weighted by Crippen LogP contribution is 2.27.